The number of hydrogen-bond acceptors (Lipinski definition) is 7. The first-order chi connectivity index (χ1) is 7.85. The highest BCUT2D eigenvalue weighted by Crippen LogP contribution is 2.12. The van der Waals surface area contributed by atoms with Crippen molar-refractivity contribution in [3.05, 3.63) is 23.2 Å². The van der Waals surface area contributed by atoms with Gasteiger partial charge in [0.2, 0.25) is 4.96 Å². The Balaban J connectivity index is 1.86. The minimum Gasteiger partial charge on any atom is -0.325 e. The molecule has 2 N–H and O–H groups in total. The Morgan fingerprint density at radius 3 is 3.06 bits per heavy atom. The first-order valence-electron chi connectivity index (χ1n) is 4.60. The van der Waals surface area contributed by atoms with E-state index in [4.69, 9.17) is 5.73 Å². The Morgan fingerprint density at radius 1 is 1.38 bits per heavy atom. The molecule has 9 heteroatoms. The summed E-state index contributed by atoms with van der Waals surface area (Å²) in [5, 5.41) is 20.7. The molecule has 0 aliphatic rings. The van der Waals surface area contributed by atoms with Crippen LogP contribution in [0.1, 0.15) is 10.7 Å². The summed E-state index contributed by atoms with van der Waals surface area (Å²) in [6.45, 7) is 0.964. The molecule has 82 valence electrons. The van der Waals surface area contributed by atoms with Crippen LogP contribution < -0.4 is 5.73 Å². The van der Waals surface area contributed by atoms with Crippen LogP contribution >= 0.6 is 11.3 Å². The lowest BCUT2D eigenvalue weighted by molar-refractivity contribution is 0.639. The van der Waals surface area contributed by atoms with Crippen LogP contribution in [0, 0.1) is 0 Å². The maximum atomic E-state index is 5.45. The van der Waals surface area contributed by atoms with E-state index in [2.05, 4.69) is 25.6 Å². The molecule has 8 nitrogen and oxygen atoms in total. The van der Waals surface area contributed by atoms with Crippen LogP contribution in [0.15, 0.2) is 12.5 Å². The average molecular weight is 236 g/mol. The van der Waals surface area contributed by atoms with Gasteiger partial charge in [-0.2, -0.15) is 9.61 Å². The fraction of sp³-hybridized carbons (Fsp3) is 0.286. The summed E-state index contributed by atoms with van der Waals surface area (Å²) in [5.41, 5.74) is 6.22. The van der Waals surface area contributed by atoms with Gasteiger partial charge in [-0.15, -0.1) is 15.3 Å². The van der Waals surface area contributed by atoms with Crippen LogP contribution in [0.5, 0.6) is 0 Å². The van der Waals surface area contributed by atoms with Crippen LogP contribution in [0.25, 0.3) is 4.96 Å². The molecular formula is C7H8N8S. The molecule has 0 saturated carbocycles. The molecule has 0 unspecified atom stereocenters. The van der Waals surface area contributed by atoms with Crippen LogP contribution in [-0.4, -0.2) is 34.8 Å². The Labute approximate surface area is 93.7 Å². The quantitative estimate of drug-likeness (QED) is 0.644. The van der Waals surface area contributed by atoms with Crippen molar-refractivity contribution in [2.75, 3.05) is 0 Å². The number of nitrogens with zero attached hydrogens (tertiary/aromatic N) is 7. The smallest absolute Gasteiger partial charge is 0.234 e. The second kappa shape index (κ2) is 3.61. The van der Waals surface area contributed by atoms with E-state index in [0.29, 0.717) is 13.1 Å². The lowest BCUT2D eigenvalue weighted by Gasteiger charge is -1.92. The van der Waals surface area contributed by atoms with Crippen molar-refractivity contribution in [1.82, 2.24) is 34.8 Å². The van der Waals surface area contributed by atoms with E-state index in [1.807, 2.05) is 6.20 Å². The molecule has 0 aliphatic heterocycles. The molecule has 0 radical (unpaired) electrons. The Morgan fingerprint density at radius 2 is 2.31 bits per heavy atom. The highest BCUT2D eigenvalue weighted by molar-refractivity contribution is 7.16. The summed E-state index contributed by atoms with van der Waals surface area (Å²) >= 11 is 1.47. The van der Waals surface area contributed by atoms with E-state index >= 15 is 0 Å². The van der Waals surface area contributed by atoms with Gasteiger partial charge in [-0.05, 0) is 0 Å². The first-order valence-corrected chi connectivity index (χ1v) is 5.41. The molecule has 0 spiro atoms. The Bertz CT molecular complexity index is 578. The molecule has 3 aromatic heterocycles. The molecule has 3 aromatic rings. The molecule has 0 fully saturated rings. The Kier molecular flexibility index (Phi) is 2.11. The molecule has 0 aliphatic carbocycles. The van der Waals surface area contributed by atoms with E-state index in [-0.39, 0.29) is 0 Å². The number of aromatic nitrogens is 7. The normalized spacial score (nSPS) is 11.3. The molecule has 3 heterocycles. The molecule has 0 aromatic carbocycles. The number of nitrogens with two attached hydrogens (primary N) is 1. The van der Waals surface area contributed by atoms with Crippen molar-refractivity contribution in [1.29, 1.82) is 0 Å². The van der Waals surface area contributed by atoms with Gasteiger partial charge in [0.05, 0.1) is 18.4 Å². The van der Waals surface area contributed by atoms with E-state index in [9.17, 15) is 0 Å². The predicted molar refractivity (Wildman–Crippen MR) is 55.7 cm³/mol. The molecule has 0 atom stereocenters. The standard InChI is InChI=1S/C7H8N8S/c8-1-5-2-14(13-10-5)3-6-12-15-4-9-11-7(15)16-6/h2,4H,1,3,8H2. The number of hydrogen-bond donors (Lipinski definition) is 1. The molecule has 3 rings (SSSR count). The molecule has 0 bridgehead atoms. The van der Waals surface area contributed by atoms with Gasteiger partial charge in [-0.1, -0.05) is 16.6 Å². The van der Waals surface area contributed by atoms with Gasteiger partial charge in [-0.25, -0.2) is 4.68 Å². The monoisotopic (exact) mass is 236 g/mol. The highest BCUT2D eigenvalue weighted by atomic mass is 32.1. The highest BCUT2D eigenvalue weighted by Gasteiger charge is 2.07. The van der Waals surface area contributed by atoms with Crippen molar-refractivity contribution >= 4 is 16.3 Å². The van der Waals surface area contributed by atoms with E-state index in [0.717, 1.165) is 15.7 Å². The Hall–Kier alpha value is -1.87. The van der Waals surface area contributed by atoms with Gasteiger partial charge in [0.15, 0.2) is 0 Å². The van der Waals surface area contributed by atoms with Gasteiger partial charge in [0.25, 0.3) is 0 Å². The maximum Gasteiger partial charge on any atom is 0.234 e. The predicted octanol–water partition coefficient (Wildman–Crippen LogP) is -0.716. The van der Waals surface area contributed by atoms with Gasteiger partial charge < -0.3 is 5.73 Å². The zero-order valence-corrected chi connectivity index (χ0v) is 9.00. The minimum absolute atomic E-state index is 0.394. The second-order valence-electron chi connectivity index (χ2n) is 3.17. The van der Waals surface area contributed by atoms with Crippen LogP contribution in [0.3, 0.4) is 0 Å². The summed E-state index contributed by atoms with van der Waals surface area (Å²) in [5.74, 6) is 0. The van der Waals surface area contributed by atoms with Gasteiger partial charge >= 0.3 is 0 Å². The maximum absolute atomic E-state index is 5.45. The summed E-state index contributed by atoms with van der Waals surface area (Å²) in [4.78, 5) is 0.772. The van der Waals surface area contributed by atoms with Crippen LogP contribution in [0.4, 0.5) is 0 Å². The van der Waals surface area contributed by atoms with Gasteiger partial charge in [0.1, 0.15) is 11.3 Å². The lowest BCUT2D eigenvalue weighted by atomic mass is 10.5. The largest absolute Gasteiger partial charge is 0.325 e. The van der Waals surface area contributed by atoms with Crippen molar-refractivity contribution < 1.29 is 0 Å². The zero-order valence-electron chi connectivity index (χ0n) is 8.19. The third-order valence-electron chi connectivity index (χ3n) is 2.02. The fourth-order valence-electron chi connectivity index (χ4n) is 1.31. The summed E-state index contributed by atoms with van der Waals surface area (Å²) in [7, 11) is 0. The van der Waals surface area contributed by atoms with Crippen molar-refractivity contribution in [2.45, 2.75) is 13.1 Å². The van der Waals surface area contributed by atoms with E-state index < -0.39 is 0 Å². The third-order valence-corrected chi connectivity index (χ3v) is 2.92. The average Bonchev–Trinajstić information content (AvgIpc) is 2.92. The van der Waals surface area contributed by atoms with Crippen molar-refractivity contribution in [3.63, 3.8) is 0 Å². The molecule has 16 heavy (non-hydrogen) atoms. The number of fused-ring (bicyclic) bond motifs is 1. The molecular weight excluding hydrogens is 228 g/mol. The van der Waals surface area contributed by atoms with Crippen LogP contribution in [0.2, 0.25) is 0 Å². The molecule has 0 amide bonds. The third kappa shape index (κ3) is 1.55. The van der Waals surface area contributed by atoms with Crippen molar-refractivity contribution in [2.24, 2.45) is 5.73 Å². The fourth-order valence-corrected chi connectivity index (χ4v) is 2.12. The first kappa shape index (κ1) is 9.36. The topological polar surface area (TPSA) is 99.8 Å². The van der Waals surface area contributed by atoms with Gasteiger partial charge in [-0.3, -0.25) is 0 Å². The minimum atomic E-state index is 0.394. The summed E-state index contributed by atoms with van der Waals surface area (Å²) in [6.07, 6.45) is 3.38. The van der Waals surface area contributed by atoms with Crippen LogP contribution in [-0.2, 0) is 13.1 Å². The number of rotatable bonds is 3. The lowest BCUT2D eigenvalue weighted by Crippen LogP contribution is -2.00. The van der Waals surface area contributed by atoms with Gasteiger partial charge in [0, 0.05) is 6.54 Å². The van der Waals surface area contributed by atoms with E-state index in [1.54, 1.807) is 15.5 Å². The second-order valence-corrected chi connectivity index (χ2v) is 4.21. The summed E-state index contributed by atoms with van der Waals surface area (Å²) in [6, 6.07) is 0. The van der Waals surface area contributed by atoms with Crippen molar-refractivity contribution in [3.8, 4) is 0 Å². The molecule has 0 saturated heterocycles. The zero-order chi connectivity index (χ0) is 11.0. The van der Waals surface area contributed by atoms with E-state index in [1.165, 1.54) is 11.3 Å². The SMILES string of the molecule is NCc1cn(Cc2nn3cnnc3s2)nn1. The summed E-state index contributed by atoms with van der Waals surface area (Å²) < 4.78 is 3.34.